The lowest BCUT2D eigenvalue weighted by atomic mass is 10.1. The zero-order chi connectivity index (χ0) is 22.6. The van der Waals surface area contributed by atoms with Crippen molar-refractivity contribution in [3.8, 4) is 22.9 Å². The van der Waals surface area contributed by atoms with E-state index in [1.807, 2.05) is 79.0 Å². The van der Waals surface area contributed by atoms with Crippen LogP contribution in [0.15, 0.2) is 77.2 Å². The molecule has 0 saturated carbocycles. The van der Waals surface area contributed by atoms with Gasteiger partial charge in [0.1, 0.15) is 0 Å². The SMILES string of the molecule is Cc1cccc(-c2nnc(-c3ccc(C(=O)Nc4cccc(C5SCCCS5)c4)cc3)o2)c1. The van der Waals surface area contributed by atoms with Gasteiger partial charge in [0.25, 0.3) is 5.91 Å². The van der Waals surface area contributed by atoms with Gasteiger partial charge in [0, 0.05) is 22.4 Å². The van der Waals surface area contributed by atoms with E-state index in [1.165, 1.54) is 23.5 Å². The molecule has 0 spiro atoms. The number of thioether (sulfide) groups is 2. The van der Waals surface area contributed by atoms with Crippen molar-refractivity contribution in [2.45, 2.75) is 17.9 Å². The third kappa shape index (κ3) is 5.15. The van der Waals surface area contributed by atoms with Crippen molar-refractivity contribution in [1.29, 1.82) is 0 Å². The average molecular weight is 474 g/mol. The van der Waals surface area contributed by atoms with Crippen molar-refractivity contribution in [2.75, 3.05) is 16.8 Å². The highest BCUT2D eigenvalue weighted by Crippen LogP contribution is 2.44. The van der Waals surface area contributed by atoms with Gasteiger partial charge >= 0.3 is 0 Å². The van der Waals surface area contributed by atoms with Gasteiger partial charge in [-0.2, -0.15) is 0 Å². The summed E-state index contributed by atoms with van der Waals surface area (Å²) in [5.41, 5.74) is 5.42. The smallest absolute Gasteiger partial charge is 0.255 e. The van der Waals surface area contributed by atoms with E-state index >= 15 is 0 Å². The molecule has 1 saturated heterocycles. The fraction of sp³-hybridized carbons (Fsp3) is 0.192. The fourth-order valence-electron chi connectivity index (χ4n) is 3.65. The number of carbonyl (C=O) groups is 1. The summed E-state index contributed by atoms with van der Waals surface area (Å²) in [5.74, 6) is 3.13. The third-order valence-corrected chi connectivity index (χ3v) is 8.34. The van der Waals surface area contributed by atoms with Crippen LogP contribution in [0.2, 0.25) is 0 Å². The van der Waals surface area contributed by atoms with Crippen LogP contribution >= 0.6 is 23.5 Å². The van der Waals surface area contributed by atoms with E-state index in [9.17, 15) is 4.79 Å². The standard InChI is InChI=1S/C26H23N3O2S2/c1-17-5-2-6-20(15-17)25-29-28-24(31-25)19-11-9-18(10-12-19)23(30)27-22-8-3-7-21(16-22)26-32-13-4-14-33-26/h2-3,5-12,15-16,26H,4,13-14H2,1H3,(H,27,30). The third-order valence-electron chi connectivity index (χ3n) is 5.33. The second kappa shape index (κ2) is 9.85. The van der Waals surface area contributed by atoms with Crippen molar-refractivity contribution in [3.63, 3.8) is 0 Å². The van der Waals surface area contributed by atoms with Crippen molar-refractivity contribution in [3.05, 3.63) is 89.5 Å². The molecule has 4 aromatic rings. The van der Waals surface area contributed by atoms with Crippen LogP contribution in [0.25, 0.3) is 22.9 Å². The Morgan fingerprint density at radius 3 is 2.39 bits per heavy atom. The molecular weight excluding hydrogens is 450 g/mol. The molecule has 3 aromatic carbocycles. The van der Waals surface area contributed by atoms with Crippen molar-refractivity contribution >= 4 is 35.1 Å². The molecule has 2 heterocycles. The maximum Gasteiger partial charge on any atom is 0.255 e. The van der Waals surface area contributed by atoms with Gasteiger partial charge < -0.3 is 9.73 Å². The fourth-order valence-corrected chi connectivity index (χ4v) is 6.52. The molecule has 166 valence electrons. The van der Waals surface area contributed by atoms with E-state index < -0.39 is 0 Å². The molecule has 0 aliphatic carbocycles. The van der Waals surface area contributed by atoms with Crippen molar-refractivity contribution < 1.29 is 9.21 Å². The van der Waals surface area contributed by atoms with Crippen LogP contribution in [-0.4, -0.2) is 27.6 Å². The topological polar surface area (TPSA) is 68.0 Å². The first-order chi connectivity index (χ1) is 16.2. The van der Waals surface area contributed by atoms with Crippen molar-refractivity contribution in [2.24, 2.45) is 0 Å². The normalized spacial score (nSPS) is 14.2. The van der Waals surface area contributed by atoms with E-state index in [-0.39, 0.29) is 5.91 Å². The molecule has 1 fully saturated rings. The molecule has 33 heavy (non-hydrogen) atoms. The minimum atomic E-state index is -0.145. The second-order valence-electron chi connectivity index (χ2n) is 7.87. The molecule has 1 N–H and O–H groups in total. The van der Waals surface area contributed by atoms with Gasteiger partial charge in [-0.1, -0.05) is 29.8 Å². The molecule has 5 nitrogen and oxygen atoms in total. The quantitative estimate of drug-likeness (QED) is 0.342. The Hall–Kier alpha value is -3.03. The molecule has 0 atom stereocenters. The monoisotopic (exact) mass is 473 g/mol. The lowest BCUT2D eigenvalue weighted by Crippen LogP contribution is -2.12. The molecule has 7 heteroatoms. The van der Waals surface area contributed by atoms with Crippen LogP contribution in [-0.2, 0) is 0 Å². The summed E-state index contributed by atoms with van der Waals surface area (Å²) in [6, 6.07) is 23.3. The van der Waals surface area contributed by atoms with Crippen LogP contribution < -0.4 is 5.32 Å². The van der Waals surface area contributed by atoms with E-state index in [2.05, 4.69) is 27.6 Å². The minimum absolute atomic E-state index is 0.145. The Morgan fingerprint density at radius 2 is 1.64 bits per heavy atom. The predicted octanol–water partition coefficient (Wildman–Crippen LogP) is 6.83. The lowest BCUT2D eigenvalue weighted by Gasteiger charge is -2.21. The molecule has 1 amide bonds. The number of nitrogens with one attached hydrogen (secondary N) is 1. The molecule has 5 rings (SSSR count). The first kappa shape index (κ1) is 21.8. The maximum absolute atomic E-state index is 12.8. The van der Waals surface area contributed by atoms with E-state index in [0.717, 1.165) is 22.4 Å². The predicted molar refractivity (Wildman–Crippen MR) is 137 cm³/mol. The Morgan fingerprint density at radius 1 is 0.909 bits per heavy atom. The number of aromatic nitrogens is 2. The summed E-state index contributed by atoms with van der Waals surface area (Å²) in [6.07, 6.45) is 1.26. The molecule has 0 radical (unpaired) electrons. The molecule has 1 aromatic heterocycles. The average Bonchev–Trinajstić information content (AvgIpc) is 3.35. The first-order valence-corrected chi connectivity index (χ1v) is 12.9. The highest BCUT2D eigenvalue weighted by molar-refractivity contribution is 8.16. The van der Waals surface area contributed by atoms with Crippen LogP contribution in [0.1, 0.15) is 32.5 Å². The minimum Gasteiger partial charge on any atom is -0.416 e. The summed E-state index contributed by atoms with van der Waals surface area (Å²) in [5, 5.41) is 11.4. The van der Waals surface area contributed by atoms with Crippen molar-refractivity contribution in [1.82, 2.24) is 10.2 Å². The zero-order valence-electron chi connectivity index (χ0n) is 18.2. The Labute approximate surface area is 201 Å². The second-order valence-corrected chi connectivity index (χ2v) is 10.6. The van der Waals surface area contributed by atoms with Gasteiger partial charge in [-0.05, 0) is 78.9 Å². The van der Waals surface area contributed by atoms with Gasteiger partial charge in [-0.3, -0.25) is 4.79 Å². The van der Waals surface area contributed by atoms with Gasteiger partial charge in [-0.15, -0.1) is 33.7 Å². The summed E-state index contributed by atoms with van der Waals surface area (Å²) >= 11 is 3.94. The number of hydrogen-bond acceptors (Lipinski definition) is 6. The zero-order valence-corrected chi connectivity index (χ0v) is 19.8. The van der Waals surface area contributed by atoms with Crippen LogP contribution in [0.3, 0.4) is 0 Å². The van der Waals surface area contributed by atoms with E-state index in [0.29, 0.717) is 21.9 Å². The number of aryl methyl sites for hydroxylation is 1. The molecule has 1 aliphatic rings. The number of rotatable bonds is 5. The molecule has 1 aliphatic heterocycles. The Balaban J connectivity index is 1.28. The number of nitrogens with zero attached hydrogens (tertiary/aromatic N) is 2. The largest absolute Gasteiger partial charge is 0.416 e. The van der Waals surface area contributed by atoms with Crippen LogP contribution in [0.4, 0.5) is 5.69 Å². The van der Waals surface area contributed by atoms with Gasteiger partial charge in [-0.25, -0.2) is 0 Å². The highest BCUT2D eigenvalue weighted by atomic mass is 32.2. The van der Waals surface area contributed by atoms with E-state index in [1.54, 1.807) is 12.1 Å². The lowest BCUT2D eigenvalue weighted by molar-refractivity contribution is 0.102. The Kier molecular flexibility index (Phi) is 6.51. The molecule has 0 unspecified atom stereocenters. The highest BCUT2D eigenvalue weighted by Gasteiger charge is 2.17. The summed E-state index contributed by atoms with van der Waals surface area (Å²) in [7, 11) is 0. The molecular formula is C26H23N3O2S2. The number of amides is 1. The first-order valence-electron chi connectivity index (χ1n) is 10.8. The van der Waals surface area contributed by atoms with Crippen LogP contribution in [0.5, 0.6) is 0 Å². The van der Waals surface area contributed by atoms with Gasteiger partial charge in [0.15, 0.2) is 0 Å². The van der Waals surface area contributed by atoms with Gasteiger partial charge in [0.2, 0.25) is 11.8 Å². The van der Waals surface area contributed by atoms with E-state index in [4.69, 9.17) is 4.42 Å². The number of benzene rings is 3. The summed E-state index contributed by atoms with van der Waals surface area (Å²) < 4.78 is 6.29. The number of carbonyl (C=O) groups excluding carboxylic acids is 1. The molecule has 0 bridgehead atoms. The van der Waals surface area contributed by atoms with Crippen LogP contribution in [0, 0.1) is 6.92 Å². The Bertz CT molecular complexity index is 1260. The van der Waals surface area contributed by atoms with Gasteiger partial charge in [0.05, 0.1) is 4.58 Å². The maximum atomic E-state index is 12.8. The summed E-state index contributed by atoms with van der Waals surface area (Å²) in [6.45, 7) is 2.02. The number of anilines is 1. The number of hydrogen-bond donors (Lipinski definition) is 1. The summed E-state index contributed by atoms with van der Waals surface area (Å²) in [4.78, 5) is 12.8.